The van der Waals surface area contributed by atoms with Gasteiger partial charge in [0, 0.05) is 12.1 Å². The number of hydrogen-bond acceptors (Lipinski definition) is 3. The summed E-state index contributed by atoms with van der Waals surface area (Å²) < 4.78 is 60.9. The summed E-state index contributed by atoms with van der Waals surface area (Å²) in [5.41, 5.74) is 0.206. The van der Waals surface area contributed by atoms with Crippen molar-refractivity contribution in [3.05, 3.63) is 70.8 Å². The molecule has 0 unspecified atom stereocenters. The van der Waals surface area contributed by atoms with Gasteiger partial charge in [0.15, 0.2) is 0 Å². The Balaban J connectivity index is 1.85. The van der Waals surface area contributed by atoms with Crippen LogP contribution in [0.25, 0.3) is 0 Å². The van der Waals surface area contributed by atoms with Crippen LogP contribution in [-0.4, -0.2) is 6.16 Å². The fraction of sp³-hybridized carbons (Fsp3) is 0.133. The van der Waals surface area contributed by atoms with Crippen molar-refractivity contribution in [1.29, 1.82) is 0 Å². The first-order valence-corrected chi connectivity index (χ1v) is 6.12. The summed E-state index contributed by atoms with van der Waals surface area (Å²) in [6.45, 7) is -0.796. The fourth-order valence-electron chi connectivity index (χ4n) is 1.71. The molecule has 0 aromatic heterocycles. The standard InChI is InChI=1S/C15H10F4O3/c16-11-1-9(2-12(17)5-11)7-21-15(20)22-8-10-3-13(18)6-14(19)4-10/h1-6H,7-8H2. The summed E-state index contributed by atoms with van der Waals surface area (Å²) >= 11 is 0. The molecule has 7 heteroatoms. The molecule has 2 aromatic carbocycles. The van der Waals surface area contributed by atoms with E-state index in [1.54, 1.807) is 0 Å². The second-order valence-electron chi connectivity index (χ2n) is 4.38. The molecule has 3 nitrogen and oxygen atoms in total. The topological polar surface area (TPSA) is 35.5 Å². The van der Waals surface area contributed by atoms with Crippen LogP contribution < -0.4 is 0 Å². The average Bonchev–Trinajstić information content (AvgIpc) is 2.41. The Hall–Kier alpha value is -2.57. The van der Waals surface area contributed by atoms with Crippen molar-refractivity contribution in [2.75, 3.05) is 0 Å². The number of halogens is 4. The normalized spacial score (nSPS) is 10.4. The van der Waals surface area contributed by atoms with Gasteiger partial charge in [-0.2, -0.15) is 0 Å². The number of carbonyl (C=O) groups is 1. The summed E-state index contributed by atoms with van der Waals surface area (Å²) in [6.07, 6.45) is -1.13. The lowest BCUT2D eigenvalue weighted by atomic mass is 10.2. The van der Waals surface area contributed by atoms with Crippen LogP contribution in [0.3, 0.4) is 0 Å². The Kier molecular flexibility index (Phi) is 4.98. The maximum absolute atomic E-state index is 12.9. The van der Waals surface area contributed by atoms with Gasteiger partial charge in [0.2, 0.25) is 0 Å². The van der Waals surface area contributed by atoms with E-state index in [1.165, 1.54) is 0 Å². The maximum atomic E-state index is 12.9. The number of rotatable bonds is 4. The summed E-state index contributed by atoms with van der Waals surface area (Å²) in [7, 11) is 0. The van der Waals surface area contributed by atoms with Crippen LogP contribution in [0.1, 0.15) is 11.1 Å². The second-order valence-corrected chi connectivity index (χ2v) is 4.38. The minimum absolute atomic E-state index is 0.103. The van der Waals surface area contributed by atoms with E-state index in [9.17, 15) is 22.4 Å². The number of ether oxygens (including phenoxy) is 2. The van der Waals surface area contributed by atoms with E-state index in [-0.39, 0.29) is 11.1 Å². The molecule has 0 fully saturated rings. The SMILES string of the molecule is O=C(OCc1cc(F)cc(F)c1)OCc1cc(F)cc(F)c1. The van der Waals surface area contributed by atoms with Crippen LogP contribution in [0.15, 0.2) is 36.4 Å². The summed E-state index contributed by atoms with van der Waals surface area (Å²) in [5, 5.41) is 0. The van der Waals surface area contributed by atoms with Gasteiger partial charge in [-0.15, -0.1) is 0 Å². The summed E-state index contributed by atoms with van der Waals surface area (Å²) in [5.74, 6) is -3.21. The zero-order valence-electron chi connectivity index (χ0n) is 11.1. The molecule has 0 heterocycles. The molecule has 0 atom stereocenters. The highest BCUT2D eigenvalue weighted by Gasteiger charge is 2.08. The molecule has 0 aliphatic carbocycles. The molecular weight excluding hydrogens is 304 g/mol. The molecule has 22 heavy (non-hydrogen) atoms. The Morgan fingerprint density at radius 2 is 1.00 bits per heavy atom. The lowest BCUT2D eigenvalue weighted by molar-refractivity contribution is 0.0444. The molecule has 0 aliphatic heterocycles. The Labute approximate surface area is 123 Å². The average molecular weight is 314 g/mol. The molecule has 0 aliphatic rings. The van der Waals surface area contributed by atoms with Crippen LogP contribution in [0.2, 0.25) is 0 Å². The van der Waals surface area contributed by atoms with Crippen molar-refractivity contribution in [2.45, 2.75) is 13.2 Å². The highest BCUT2D eigenvalue weighted by Crippen LogP contribution is 2.11. The largest absolute Gasteiger partial charge is 0.508 e. The smallest absolute Gasteiger partial charge is 0.429 e. The maximum Gasteiger partial charge on any atom is 0.508 e. The minimum atomic E-state index is -1.13. The number of carbonyl (C=O) groups excluding carboxylic acids is 1. The molecule has 2 rings (SSSR count). The zero-order chi connectivity index (χ0) is 16.1. The zero-order valence-corrected chi connectivity index (χ0v) is 11.1. The number of benzene rings is 2. The first kappa shape index (κ1) is 15.8. The molecular formula is C15H10F4O3. The Bertz CT molecular complexity index is 590. The van der Waals surface area contributed by atoms with Crippen LogP contribution >= 0.6 is 0 Å². The molecule has 0 bridgehead atoms. The molecule has 0 amide bonds. The van der Waals surface area contributed by atoms with Crippen molar-refractivity contribution in [1.82, 2.24) is 0 Å². The van der Waals surface area contributed by atoms with E-state index in [2.05, 4.69) is 9.47 Å². The molecule has 0 radical (unpaired) electrons. The van der Waals surface area contributed by atoms with Crippen LogP contribution in [0.5, 0.6) is 0 Å². The van der Waals surface area contributed by atoms with Gasteiger partial charge in [-0.3, -0.25) is 0 Å². The fourth-order valence-corrected chi connectivity index (χ4v) is 1.71. The van der Waals surface area contributed by atoms with E-state index in [0.717, 1.165) is 24.3 Å². The molecule has 0 saturated carbocycles. The van der Waals surface area contributed by atoms with Crippen LogP contribution in [0, 0.1) is 23.3 Å². The van der Waals surface area contributed by atoms with Gasteiger partial charge in [-0.1, -0.05) is 0 Å². The first-order chi connectivity index (χ1) is 10.4. The minimum Gasteiger partial charge on any atom is -0.429 e. The lowest BCUT2D eigenvalue weighted by Crippen LogP contribution is -2.08. The van der Waals surface area contributed by atoms with Crippen molar-refractivity contribution >= 4 is 6.16 Å². The van der Waals surface area contributed by atoms with E-state index < -0.39 is 42.6 Å². The van der Waals surface area contributed by atoms with Gasteiger partial charge in [0.1, 0.15) is 36.5 Å². The third-order valence-corrected chi connectivity index (χ3v) is 2.56. The van der Waals surface area contributed by atoms with Crippen LogP contribution in [-0.2, 0) is 22.7 Å². The van der Waals surface area contributed by atoms with E-state index in [1.807, 2.05) is 0 Å². The molecule has 0 N–H and O–H groups in total. The first-order valence-electron chi connectivity index (χ1n) is 6.12. The van der Waals surface area contributed by atoms with Gasteiger partial charge < -0.3 is 9.47 Å². The third-order valence-electron chi connectivity index (χ3n) is 2.56. The summed E-state index contributed by atoms with van der Waals surface area (Å²) in [6, 6.07) is 5.36. The highest BCUT2D eigenvalue weighted by atomic mass is 19.1. The van der Waals surface area contributed by atoms with Crippen molar-refractivity contribution in [3.8, 4) is 0 Å². The highest BCUT2D eigenvalue weighted by molar-refractivity contribution is 5.59. The van der Waals surface area contributed by atoms with E-state index in [0.29, 0.717) is 12.1 Å². The third kappa shape index (κ3) is 4.76. The van der Waals surface area contributed by atoms with E-state index >= 15 is 0 Å². The number of hydrogen-bond donors (Lipinski definition) is 0. The Morgan fingerprint density at radius 3 is 1.32 bits per heavy atom. The van der Waals surface area contributed by atoms with Crippen molar-refractivity contribution in [3.63, 3.8) is 0 Å². The van der Waals surface area contributed by atoms with Gasteiger partial charge in [-0.25, -0.2) is 22.4 Å². The van der Waals surface area contributed by atoms with Gasteiger partial charge in [0.25, 0.3) is 0 Å². The van der Waals surface area contributed by atoms with Gasteiger partial charge >= 0.3 is 6.16 Å². The van der Waals surface area contributed by atoms with Crippen LogP contribution in [0.4, 0.5) is 22.4 Å². The predicted molar refractivity (Wildman–Crippen MR) is 67.7 cm³/mol. The van der Waals surface area contributed by atoms with Crippen molar-refractivity contribution < 1.29 is 31.8 Å². The molecule has 2 aromatic rings. The molecule has 0 spiro atoms. The monoisotopic (exact) mass is 314 g/mol. The Morgan fingerprint density at radius 1 is 0.682 bits per heavy atom. The predicted octanol–water partition coefficient (Wildman–Crippen LogP) is 4.10. The van der Waals surface area contributed by atoms with Gasteiger partial charge in [0.05, 0.1) is 0 Å². The summed E-state index contributed by atoms with van der Waals surface area (Å²) in [4.78, 5) is 11.3. The van der Waals surface area contributed by atoms with Gasteiger partial charge in [-0.05, 0) is 35.4 Å². The molecule has 0 saturated heterocycles. The van der Waals surface area contributed by atoms with Crippen molar-refractivity contribution in [2.24, 2.45) is 0 Å². The van der Waals surface area contributed by atoms with E-state index in [4.69, 9.17) is 0 Å². The molecule has 116 valence electrons. The quantitative estimate of drug-likeness (QED) is 0.630. The second kappa shape index (κ2) is 6.93. The lowest BCUT2D eigenvalue weighted by Gasteiger charge is -2.07.